The molecular formula is C14H17BrINO4. The Hall–Kier alpha value is -0.670. The molecule has 0 aliphatic carbocycles. The molecule has 1 amide bonds. The van der Waals surface area contributed by atoms with Gasteiger partial charge in [-0.1, -0.05) is 0 Å². The lowest BCUT2D eigenvalue weighted by Crippen LogP contribution is -2.36. The van der Waals surface area contributed by atoms with Crippen LogP contribution in [-0.2, 0) is 14.3 Å². The highest BCUT2D eigenvalue weighted by molar-refractivity contribution is 14.1. The third kappa shape index (κ3) is 5.91. The van der Waals surface area contributed by atoms with Gasteiger partial charge in [0.05, 0.1) is 25.7 Å². The van der Waals surface area contributed by atoms with Gasteiger partial charge in [-0.15, -0.1) is 0 Å². The third-order valence-corrected chi connectivity index (χ3v) is 4.19. The quantitative estimate of drug-likeness (QED) is 0.455. The van der Waals surface area contributed by atoms with Crippen molar-refractivity contribution in [3.63, 3.8) is 0 Å². The highest BCUT2D eigenvalue weighted by Gasteiger charge is 2.19. The Morgan fingerprint density at radius 3 is 2.62 bits per heavy atom. The molecule has 0 N–H and O–H groups in total. The predicted octanol–water partition coefficient (Wildman–Crippen LogP) is 2.71. The van der Waals surface area contributed by atoms with Gasteiger partial charge >= 0.3 is 5.97 Å². The van der Waals surface area contributed by atoms with Gasteiger partial charge in [-0.2, -0.15) is 0 Å². The Labute approximate surface area is 146 Å². The van der Waals surface area contributed by atoms with Crippen LogP contribution >= 0.6 is 38.5 Å². The lowest BCUT2D eigenvalue weighted by Gasteiger charge is -2.22. The van der Waals surface area contributed by atoms with E-state index in [-0.39, 0.29) is 18.3 Å². The maximum Gasteiger partial charge on any atom is 0.307 e. The number of rotatable bonds is 7. The van der Waals surface area contributed by atoms with Crippen molar-refractivity contribution in [1.29, 1.82) is 0 Å². The Morgan fingerprint density at radius 1 is 1.29 bits per heavy atom. The van der Waals surface area contributed by atoms with Gasteiger partial charge in [-0.3, -0.25) is 9.59 Å². The van der Waals surface area contributed by atoms with E-state index in [4.69, 9.17) is 4.74 Å². The highest BCUT2D eigenvalue weighted by atomic mass is 127. The second-order valence-corrected chi connectivity index (χ2v) is 6.34. The minimum absolute atomic E-state index is 0.138. The molecule has 0 aliphatic rings. The van der Waals surface area contributed by atoms with E-state index in [9.17, 15) is 9.59 Å². The number of methoxy groups -OCH3 is 2. The molecule has 0 radical (unpaired) electrons. The lowest BCUT2D eigenvalue weighted by molar-refractivity contribution is -0.140. The van der Waals surface area contributed by atoms with Gasteiger partial charge in [0.1, 0.15) is 0 Å². The lowest BCUT2D eigenvalue weighted by atomic mass is 10.2. The molecule has 1 aromatic rings. The fraction of sp³-hybridized carbons (Fsp3) is 0.429. The van der Waals surface area contributed by atoms with Crippen LogP contribution in [0.15, 0.2) is 22.7 Å². The maximum atomic E-state index is 12.6. The first kappa shape index (κ1) is 18.4. The van der Waals surface area contributed by atoms with E-state index in [1.165, 1.54) is 7.11 Å². The number of amides is 1. The molecule has 7 heteroatoms. The largest absolute Gasteiger partial charge is 0.469 e. The summed E-state index contributed by atoms with van der Waals surface area (Å²) in [6.45, 7) is 1.13. The summed E-state index contributed by atoms with van der Waals surface area (Å²) >= 11 is 5.54. The van der Waals surface area contributed by atoms with Crippen LogP contribution in [0.4, 0.5) is 0 Å². The van der Waals surface area contributed by atoms with E-state index in [0.29, 0.717) is 25.3 Å². The molecule has 0 fully saturated rings. The number of halogens is 2. The molecule has 0 saturated heterocycles. The SMILES string of the molecule is COCCN(CCC(=O)OC)C(=O)c1cc(I)ccc1Br. The van der Waals surface area contributed by atoms with Crippen LogP contribution in [0.1, 0.15) is 16.8 Å². The van der Waals surface area contributed by atoms with Crippen LogP contribution in [0.25, 0.3) is 0 Å². The molecule has 0 atom stereocenters. The van der Waals surface area contributed by atoms with E-state index in [2.05, 4.69) is 43.3 Å². The first-order valence-electron chi connectivity index (χ1n) is 6.29. The molecule has 21 heavy (non-hydrogen) atoms. The predicted molar refractivity (Wildman–Crippen MR) is 91.3 cm³/mol. The van der Waals surface area contributed by atoms with Gasteiger partial charge in [-0.25, -0.2) is 0 Å². The standard InChI is InChI=1S/C14H17BrINO4/c1-20-8-7-17(6-5-13(18)21-2)14(19)11-9-10(16)3-4-12(11)15/h3-4,9H,5-8H2,1-2H3. The van der Waals surface area contributed by atoms with Crippen molar-refractivity contribution in [1.82, 2.24) is 4.90 Å². The molecule has 0 aliphatic heterocycles. The Balaban J connectivity index is 2.87. The summed E-state index contributed by atoms with van der Waals surface area (Å²) in [5.41, 5.74) is 0.572. The number of esters is 1. The zero-order valence-electron chi connectivity index (χ0n) is 11.9. The number of nitrogens with zero attached hydrogens (tertiary/aromatic N) is 1. The molecule has 0 saturated carbocycles. The van der Waals surface area contributed by atoms with Crippen molar-refractivity contribution in [2.45, 2.75) is 6.42 Å². The van der Waals surface area contributed by atoms with Crippen LogP contribution in [0.5, 0.6) is 0 Å². The van der Waals surface area contributed by atoms with Crippen LogP contribution in [0, 0.1) is 3.57 Å². The monoisotopic (exact) mass is 469 g/mol. The smallest absolute Gasteiger partial charge is 0.307 e. The minimum atomic E-state index is -0.341. The summed E-state index contributed by atoms with van der Waals surface area (Å²) in [5, 5.41) is 0. The number of carbonyl (C=O) groups excluding carboxylic acids is 2. The van der Waals surface area contributed by atoms with Crippen LogP contribution in [0.2, 0.25) is 0 Å². The van der Waals surface area contributed by atoms with Crippen LogP contribution < -0.4 is 0 Å². The van der Waals surface area contributed by atoms with Gasteiger partial charge in [0.15, 0.2) is 0 Å². The van der Waals surface area contributed by atoms with E-state index >= 15 is 0 Å². The fourth-order valence-electron chi connectivity index (χ4n) is 1.68. The number of ether oxygens (including phenoxy) is 2. The highest BCUT2D eigenvalue weighted by Crippen LogP contribution is 2.21. The minimum Gasteiger partial charge on any atom is -0.469 e. The van der Waals surface area contributed by atoms with E-state index in [1.54, 1.807) is 12.0 Å². The zero-order valence-corrected chi connectivity index (χ0v) is 15.6. The van der Waals surface area contributed by atoms with Crippen molar-refractivity contribution in [2.75, 3.05) is 33.9 Å². The Kier molecular flexibility index (Phi) is 8.20. The molecule has 1 rings (SSSR count). The van der Waals surface area contributed by atoms with Crippen molar-refractivity contribution in [3.05, 3.63) is 31.8 Å². The van der Waals surface area contributed by atoms with Crippen molar-refractivity contribution < 1.29 is 19.1 Å². The molecule has 0 unspecified atom stereocenters. The maximum absolute atomic E-state index is 12.6. The Bertz CT molecular complexity index is 510. The van der Waals surface area contributed by atoms with E-state index in [0.717, 1.165) is 8.04 Å². The molecule has 116 valence electrons. The number of benzene rings is 1. The number of carbonyl (C=O) groups is 2. The van der Waals surface area contributed by atoms with Crippen LogP contribution in [0.3, 0.4) is 0 Å². The molecule has 0 bridgehead atoms. The molecule has 0 spiro atoms. The first-order valence-corrected chi connectivity index (χ1v) is 8.16. The molecule has 0 heterocycles. The summed E-state index contributed by atoms with van der Waals surface area (Å²) < 4.78 is 11.3. The Morgan fingerprint density at radius 2 is 2.00 bits per heavy atom. The number of hydrogen-bond acceptors (Lipinski definition) is 4. The molecule has 0 aromatic heterocycles. The van der Waals surface area contributed by atoms with Crippen molar-refractivity contribution in [3.8, 4) is 0 Å². The van der Waals surface area contributed by atoms with Crippen LogP contribution in [-0.4, -0.2) is 50.7 Å². The first-order chi connectivity index (χ1) is 9.99. The fourth-order valence-corrected chi connectivity index (χ4v) is 2.58. The number of hydrogen-bond donors (Lipinski definition) is 0. The van der Waals surface area contributed by atoms with Crippen molar-refractivity contribution in [2.24, 2.45) is 0 Å². The normalized spacial score (nSPS) is 10.3. The second-order valence-electron chi connectivity index (χ2n) is 4.24. The summed E-state index contributed by atoms with van der Waals surface area (Å²) in [6.07, 6.45) is 0.160. The zero-order chi connectivity index (χ0) is 15.8. The summed E-state index contributed by atoms with van der Waals surface area (Å²) in [7, 11) is 2.91. The third-order valence-electron chi connectivity index (χ3n) is 2.82. The van der Waals surface area contributed by atoms with E-state index < -0.39 is 0 Å². The summed E-state index contributed by atoms with van der Waals surface area (Å²) in [6, 6.07) is 5.56. The topological polar surface area (TPSA) is 55.8 Å². The second kappa shape index (κ2) is 9.37. The summed E-state index contributed by atoms with van der Waals surface area (Å²) in [5.74, 6) is -0.478. The average molecular weight is 470 g/mol. The van der Waals surface area contributed by atoms with E-state index in [1.807, 2.05) is 18.2 Å². The molecule has 5 nitrogen and oxygen atoms in total. The van der Waals surface area contributed by atoms with Gasteiger partial charge in [-0.05, 0) is 56.7 Å². The average Bonchev–Trinajstić information content (AvgIpc) is 2.48. The van der Waals surface area contributed by atoms with Gasteiger partial charge in [0.2, 0.25) is 0 Å². The molecular weight excluding hydrogens is 453 g/mol. The van der Waals surface area contributed by atoms with Gasteiger partial charge < -0.3 is 14.4 Å². The van der Waals surface area contributed by atoms with Gasteiger partial charge in [0, 0.05) is 28.2 Å². The van der Waals surface area contributed by atoms with Crippen molar-refractivity contribution >= 4 is 50.4 Å². The summed E-state index contributed by atoms with van der Waals surface area (Å²) in [4.78, 5) is 25.5. The van der Waals surface area contributed by atoms with Gasteiger partial charge in [0.25, 0.3) is 5.91 Å². The molecule has 1 aromatic carbocycles.